The van der Waals surface area contributed by atoms with Gasteiger partial charge in [0.15, 0.2) is 6.29 Å². The molecule has 2 rings (SSSR count). The van der Waals surface area contributed by atoms with Crippen molar-refractivity contribution in [2.75, 3.05) is 34.4 Å². The maximum absolute atomic E-state index is 14.1. The van der Waals surface area contributed by atoms with Crippen molar-refractivity contribution in [3.8, 4) is 5.75 Å². The predicted molar refractivity (Wildman–Crippen MR) is 80.1 cm³/mol. The summed E-state index contributed by atoms with van der Waals surface area (Å²) in [5.74, 6) is 0.174. The number of piperidine rings is 1. The van der Waals surface area contributed by atoms with Gasteiger partial charge in [-0.2, -0.15) is 0 Å². The van der Waals surface area contributed by atoms with E-state index < -0.39 is 6.29 Å². The lowest BCUT2D eigenvalue weighted by atomic mass is 9.94. The smallest absolute Gasteiger partial charge is 0.158 e. The number of aliphatic hydroxyl groups excluding tert-OH is 1. The second kappa shape index (κ2) is 7.87. The Morgan fingerprint density at radius 3 is 2.73 bits per heavy atom. The van der Waals surface area contributed by atoms with Crippen molar-refractivity contribution in [2.45, 2.75) is 25.4 Å². The molecule has 1 N–H and O–H groups in total. The SMILES string of the molecule is COc1cccc(F)c1CN1CC(OC)CC(C(O)OC)C1. The fourth-order valence-electron chi connectivity index (χ4n) is 2.99. The fourth-order valence-corrected chi connectivity index (χ4v) is 2.99. The number of nitrogens with zero attached hydrogens (tertiary/aromatic N) is 1. The molecule has 0 bridgehead atoms. The Morgan fingerprint density at radius 2 is 2.09 bits per heavy atom. The Labute approximate surface area is 130 Å². The maximum atomic E-state index is 14.1. The summed E-state index contributed by atoms with van der Waals surface area (Å²) in [6.45, 7) is 1.70. The lowest BCUT2D eigenvalue weighted by molar-refractivity contribution is -0.142. The fraction of sp³-hybridized carbons (Fsp3) is 0.625. The normalized spacial score (nSPS) is 24.2. The summed E-state index contributed by atoms with van der Waals surface area (Å²) in [7, 11) is 4.66. The van der Waals surface area contributed by atoms with Crippen molar-refractivity contribution in [3.63, 3.8) is 0 Å². The first kappa shape index (κ1) is 17.1. The third-order valence-electron chi connectivity index (χ3n) is 4.18. The van der Waals surface area contributed by atoms with E-state index in [0.717, 1.165) is 6.42 Å². The summed E-state index contributed by atoms with van der Waals surface area (Å²) in [6, 6.07) is 4.80. The Balaban J connectivity index is 2.14. The van der Waals surface area contributed by atoms with Crippen LogP contribution in [-0.2, 0) is 16.0 Å². The van der Waals surface area contributed by atoms with Gasteiger partial charge in [0.05, 0.1) is 13.2 Å². The minimum Gasteiger partial charge on any atom is -0.496 e. The number of rotatable bonds is 6. The largest absolute Gasteiger partial charge is 0.496 e. The molecule has 1 aromatic carbocycles. The van der Waals surface area contributed by atoms with Crippen molar-refractivity contribution in [3.05, 3.63) is 29.6 Å². The molecule has 22 heavy (non-hydrogen) atoms. The zero-order valence-electron chi connectivity index (χ0n) is 13.3. The third-order valence-corrected chi connectivity index (χ3v) is 4.18. The van der Waals surface area contributed by atoms with Crippen molar-refractivity contribution in [1.82, 2.24) is 4.90 Å². The van der Waals surface area contributed by atoms with E-state index in [1.54, 1.807) is 19.2 Å². The van der Waals surface area contributed by atoms with E-state index in [4.69, 9.17) is 14.2 Å². The molecule has 1 aliphatic heterocycles. The van der Waals surface area contributed by atoms with Crippen LogP contribution in [0.1, 0.15) is 12.0 Å². The van der Waals surface area contributed by atoms with E-state index >= 15 is 0 Å². The molecule has 0 saturated carbocycles. The minimum atomic E-state index is -0.844. The van der Waals surface area contributed by atoms with Crippen LogP contribution in [0.15, 0.2) is 18.2 Å². The van der Waals surface area contributed by atoms with Gasteiger partial charge < -0.3 is 19.3 Å². The number of halogens is 1. The molecular formula is C16H24FNO4. The highest BCUT2D eigenvalue weighted by Crippen LogP contribution is 2.27. The highest BCUT2D eigenvalue weighted by Gasteiger charge is 2.32. The Bertz CT molecular complexity index is 485. The first-order chi connectivity index (χ1) is 10.6. The summed E-state index contributed by atoms with van der Waals surface area (Å²) in [6.07, 6.45) is -0.138. The van der Waals surface area contributed by atoms with Gasteiger partial charge in [-0.25, -0.2) is 4.39 Å². The van der Waals surface area contributed by atoms with Gasteiger partial charge in [-0.15, -0.1) is 0 Å². The summed E-state index contributed by atoms with van der Waals surface area (Å²) in [5.41, 5.74) is 0.521. The predicted octanol–water partition coefficient (Wildman–Crippen LogP) is 1.64. The number of benzene rings is 1. The molecule has 1 aliphatic rings. The minimum absolute atomic E-state index is 0.0127. The lowest BCUT2D eigenvalue weighted by Crippen LogP contribution is -2.47. The quantitative estimate of drug-likeness (QED) is 0.809. The van der Waals surface area contributed by atoms with Crippen molar-refractivity contribution >= 4 is 0 Å². The zero-order chi connectivity index (χ0) is 16.1. The summed E-state index contributed by atoms with van der Waals surface area (Å²) < 4.78 is 29.8. The monoisotopic (exact) mass is 313 g/mol. The summed E-state index contributed by atoms with van der Waals surface area (Å²) in [4.78, 5) is 2.06. The Hall–Kier alpha value is -1.21. The maximum Gasteiger partial charge on any atom is 0.158 e. The van der Waals surface area contributed by atoms with Crippen LogP contribution in [0.4, 0.5) is 4.39 Å². The Morgan fingerprint density at radius 1 is 1.32 bits per heavy atom. The van der Waals surface area contributed by atoms with Gasteiger partial charge in [-0.05, 0) is 18.6 Å². The van der Waals surface area contributed by atoms with E-state index in [2.05, 4.69) is 4.90 Å². The molecule has 0 radical (unpaired) electrons. The lowest BCUT2D eigenvalue weighted by Gasteiger charge is -2.38. The molecule has 1 fully saturated rings. The summed E-state index contributed by atoms with van der Waals surface area (Å²) in [5, 5.41) is 9.93. The zero-order valence-corrected chi connectivity index (χ0v) is 13.3. The van der Waals surface area contributed by atoms with Gasteiger partial charge in [-0.1, -0.05) is 6.07 Å². The second-order valence-corrected chi connectivity index (χ2v) is 5.59. The summed E-state index contributed by atoms with van der Waals surface area (Å²) >= 11 is 0. The first-order valence-electron chi connectivity index (χ1n) is 7.36. The van der Waals surface area contributed by atoms with E-state index in [1.807, 2.05) is 0 Å². The van der Waals surface area contributed by atoms with Gasteiger partial charge in [0.2, 0.25) is 0 Å². The standard InChI is InChI=1S/C16H24FNO4/c1-20-12-7-11(16(19)22-3)8-18(9-12)10-13-14(17)5-4-6-15(13)21-2/h4-6,11-12,16,19H,7-10H2,1-3H3. The van der Waals surface area contributed by atoms with E-state index in [1.165, 1.54) is 20.3 Å². The van der Waals surface area contributed by atoms with Crippen molar-refractivity contribution in [2.24, 2.45) is 5.92 Å². The highest BCUT2D eigenvalue weighted by molar-refractivity contribution is 5.34. The van der Waals surface area contributed by atoms with Gasteiger partial charge in [0.25, 0.3) is 0 Å². The number of aliphatic hydroxyl groups is 1. The van der Waals surface area contributed by atoms with E-state index in [0.29, 0.717) is 30.9 Å². The van der Waals surface area contributed by atoms with Crippen molar-refractivity contribution in [1.29, 1.82) is 0 Å². The molecular weight excluding hydrogens is 289 g/mol. The van der Waals surface area contributed by atoms with Crippen LogP contribution in [-0.4, -0.2) is 56.8 Å². The van der Waals surface area contributed by atoms with Crippen LogP contribution in [0.5, 0.6) is 5.75 Å². The molecule has 3 atom stereocenters. The molecule has 1 saturated heterocycles. The average molecular weight is 313 g/mol. The average Bonchev–Trinajstić information content (AvgIpc) is 2.55. The number of methoxy groups -OCH3 is 3. The molecule has 124 valence electrons. The van der Waals surface area contributed by atoms with Crippen LogP contribution in [0.3, 0.4) is 0 Å². The number of ether oxygens (including phenoxy) is 3. The number of hydrogen-bond acceptors (Lipinski definition) is 5. The van der Waals surface area contributed by atoms with Crippen LogP contribution < -0.4 is 4.74 Å². The molecule has 1 aromatic rings. The van der Waals surface area contributed by atoms with Gasteiger partial charge in [0.1, 0.15) is 11.6 Å². The van der Waals surface area contributed by atoms with Crippen LogP contribution in [0, 0.1) is 11.7 Å². The number of hydrogen-bond donors (Lipinski definition) is 1. The molecule has 0 spiro atoms. The van der Waals surface area contributed by atoms with Crippen LogP contribution in [0.2, 0.25) is 0 Å². The van der Waals surface area contributed by atoms with Gasteiger partial charge in [-0.3, -0.25) is 4.90 Å². The molecule has 3 unspecified atom stereocenters. The molecule has 5 nitrogen and oxygen atoms in total. The number of likely N-dealkylation sites (tertiary alicyclic amines) is 1. The second-order valence-electron chi connectivity index (χ2n) is 5.59. The molecule has 1 heterocycles. The van der Waals surface area contributed by atoms with E-state index in [-0.39, 0.29) is 17.8 Å². The first-order valence-corrected chi connectivity index (χ1v) is 7.36. The van der Waals surface area contributed by atoms with Gasteiger partial charge >= 0.3 is 0 Å². The molecule has 6 heteroatoms. The van der Waals surface area contributed by atoms with Crippen LogP contribution in [0.25, 0.3) is 0 Å². The van der Waals surface area contributed by atoms with E-state index in [9.17, 15) is 9.50 Å². The molecule has 0 aliphatic carbocycles. The van der Waals surface area contributed by atoms with Gasteiger partial charge in [0, 0.05) is 45.3 Å². The Kier molecular flexibility index (Phi) is 6.14. The van der Waals surface area contributed by atoms with Crippen LogP contribution >= 0.6 is 0 Å². The molecule has 0 amide bonds. The highest BCUT2D eigenvalue weighted by atomic mass is 19.1. The molecule has 0 aromatic heterocycles. The topological polar surface area (TPSA) is 51.2 Å². The van der Waals surface area contributed by atoms with Crippen molar-refractivity contribution < 1.29 is 23.7 Å². The third kappa shape index (κ3) is 3.95.